The van der Waals surface area contributed by atoms with Gasteiger partial charge in [0.15, 0.2) is 0 Å². The minimum atomic E-state index is -3.66. The van der Waals surface area contributed by atoms with Crippen LogP contribution in [0.1, 0.15) is 25.0 Å². The van der Waals surface area contributed by atoms with Gasteiger partial charge in [0.25, 0.3) is 10.0 Å². The van der Waals surface area contributed by atoms with E-state index in [-0.39, 0.29) is 11.6 Å². The fourth-order valence-electron chi connectivity index (χ4n) is 2.03. The molecule has 0 radical (unpaired) electrons. The van der Waals surface area contributed by atoms with Crippen LogP contribution in [0.3, 0.4) is 0 Å². The molecule has 124 valence electrons. The second kappa shape index (κ2) is 6.55. The molecular formula is C16H19NO5S. The first-order chi connectivity index (χ1) is 10.7. The molecule has 2 N–H and O–H groups in total. The highest BCUT2D eigenvalue weighted by Crippen LogP contribution is 2.22. The molecule has 1 aromatic heterocycles. The number of sulfonamides is 1. The third-order valence-electron chi connectivity index (χ3n) is 3.47. The molecule has 0 saturated heterocycles. The first-order valence-corrected chi connectivity index (χ1v) is 8.53. The zero-order valence-corrected chi connectivity index (χ0v) is 13.8. The van der Waals surface area contributed by atoms with Crippen LogP contribution in [0.25, 0.3) is 0 Å². The van der Waals surface area contributed by atoms with Gasteiger partial charge in [-0.1, -0.05) is 24.3 Å². The van der Waals surface area contributed by atoms with Crippen molar-refractivity contribution in [3.63, 3.8) is 0 Å². The van der Waals surface area contributed by atoms with Crippen molar-refractivity contribution in [3.8, 4) is 0 Å². The maximum atomic E-state index is 11.9. The maximum Gasteiger partial charge on any atom is 0.309 e. The summed E-state index contributed by atoms with van der Waals surface area (Å²) in [5.41, 5.74) is 0.814. The van der Waals surface area contributed by atoms with Crippen LogP contribution in [0.2, 0.25) is 0 Å². The van der Waals surface area contributed by atoms with Crippen molar-refractivity contribution in [3.05, 3.63) is 53.8 Å². The first kappa shape index (κ1) is 17.2. The van der Waals surface area contributed by atoms with Crippen molar-refractivity contribution in [1.82, 2.24) is 4.72 Å². The molecule has 0 bridgehead atoms. The summed E-state index contributed by atoms with van der Waals surface area (Å²) < 4.78 is 31.2. The van der Waals surface area contributed by atoms with Crippen LogP contribution in [0.4, 0.5) is 0 Å². The van der Waals surface area contributed by atoms with Gasteiger partial charge in [0.1, 0.15) is 0 Å². The highest BCUT2D eigenvalue weighted by atomic mass is 32.2. The lowest BCUT2D eigenvalue weighted by molar-refractivity contribution is -0.146. The van der Waals surface area contributed by atoms with E-state index in [2.05, 4.69) is 4.72 Å². The molecule has 1 aromatic carbocycles. The SMILES string of the molecule is CC(C)(Cc1ccc(CNS(=O)(=O)c2ccco2)cc1)C(=O)O. The molecule has 7 heteroatoms. The Hall–Kier alpha value is -2.12. The average Bonchev–Trinajstić information content (AvgIpc) is 3.01. The third-order valence-corrected chi connectivity index (χ3v) is 4.76. The van der Waals surface area contributed by atoms with E-state index in [0.29, 0.717) is 6.42 Å². The topological polar surface area (TPSA) is 96.6 Å². The number of hydrogen-bond acceptors (Lipinski definition) is 4. The summed E-state index contributed by atoms with van der Waals surface area (Å²) in [4.78, 5) is 11.1. The standard InChI is InChI=1S/C16H19NO5S/c1-16(2,15(18)19)10-12-5-7-13(8-6-12)11-17-23(20,21)14-4-3-9-22-14/h3-9,17H,10-11H2,1-2H3,(H,18,19). The lowest BCUT2D eigenvalue weighted by atomic mass is 9.86. The van der Waals surface area contributed by atoms with Crippen LogP contribution in [-0.4, -0.2) is 19.5 Å². The minimum Gasteiger partial charge on any atom is -0.481 e. The fourth-order valence-corrected chi connectivity index (χ4v) is 2.97. The fraction of sp³-hybridized carbons (Fsp3) is 0.312. The van der Waals surface area contributed by atoms with Crippen LogP contribution in [-0.2, 0) is 27.8 Å². The summed E-state index contributed by atoms with van der Waals surface area (Å²) in [6.07, 6.45) is 1.70. The van der Waals surface area contributed by atoms with E-state index in [1.165, 1.54) is 18.4 Å². The molecule has 0 spiro atoms. The summed E-state index contributed by atoms with van der Waals surface area (Å²) in [7, 11) is -3.66. The smallest absolute Gasteiger partial charge is 0.309 e. The van der Waals surface area contributed by atoms with Gasteiger partial charge in [-0.15, -0.1) is 0 Å². The minimum absolute atomic E-state index is 0.127. The van der Waals surface area contributed by atoms with Gasteiger partial charge in [0.2, 0.25) is 5.09 Å². The van der Waals surface area contributed by atoms with E-state index in [4.69, 9.17) is 9.52 Å². The number of carboxylic acids is 1. The number of rotatable bonds is 7. The Morgan fingerprint density at radius 1 is 1.17 bits per heavy atom. The van der Waals surface area contributed by atoms with E-state index >= 15 is 0 Å². The number of hydrogen-bond donors (Lipinski definition) is 2. The number of nitrogens with one attached hydrogen (secondary N) is 1. The number of carbonyl (C=O) groups is 1. The number of benzene rings is 1. The molecule has 0 fully saturated rings. The largest absolute Gasteiger partial charge is 0.481 e. The quantitative estimate of drug-likeness (QED) is 0.809. The molecule has 2 rings (SSSR count). The lowest BCUT2D eigenvalue weighted by Gasteiger charge is -2.19. The zero-order chi connectivity index (χ0) is 17.1. The van der Waals surface area contributed by atoms with Gasteiger partial charge >= 0.3 is 5.97 Å². The van der Waals surface area contributed by atoms with Crippen LogP contribution in [0.5, 0.6) is 0 Å². The third kappa shape index (κ3) is 4.43. The van der Waals surface area contributed by atoms with E-state index in [9.17, 15) is 13.2 Å². The highest BCUT2D eigenvalue weighted by Gasteiger charge is 2.27. The van der Waals surface area contributed by atoms with Crippen LogP contribution in [0, 0.1) is 5.41 Å². The van der Waals surface area contributed by atoms with Crippen molar-refractivity contribution in [2.45, 2.75) is 31.9 Å². The molecular weight excluding hydrogens is 318 g/mol. The Labute approximate surface area is 135 Å². The molecule has 0 aliphatic rings. The van der Waals surface area contributed by atoms with Gasteiger partial charge in [-0.3, -0.25) is 4.79 Å². The van der Waals surface area contributed by atoms with Gasteiger partial charge in [0, 0.05) is 6.54 Å². The summed E-state index contributed by atoms with van der Waals surface area (Å²) >= 11 is 0. The van der Waals surface area contributed by atoms with Crippen molar-refractivity contribution in [2.75, 3.05) is 0 Å². The molecule has 0 saturated carbocycles. The van der Waals surface area contributed by atoms with Crippen molar-refractivity contribution in [2.24, 2.45) is 5.41 Å². The molecule has 0 amide bonds. The van der Waals surface area contributed by atoms with Crippen LogP contribution in [0.15, 0.2) is 52.2 Å². The molecule has 23 heavy (non-hydrogen) atoms. The van der Waals surface area contributed by atoms with E-state index in [1.807, 2.05) is 0 Å². The molecule has 2 aromatic rings. The van der Waals surface area contributed by atoms with Crippen molar-refractivity contribution < 1.29 is 22.7 Å². The molecule has 0 aliphatic heterocycles. The van der Waals surface area contributed by atoms with E-state index in [1.54, 1.807) is 38.1 Å². The van der Waals surface area contributed by atoms with Gasteiger partial charge in [0.05, 0.1) is 11.7 Å². The first-order valence-electron chi connectivity index (χ1n) is 7.05. The monoisotopic (exact) mass is 337 g/mol. The van der Waals surface area contributed by atoms with Gasteiger partial charge in [-0.2, -0.15) is 0 Å². The Balaban J connectivity index is 2.00. The van der Waals surface area contributed by atoms with Crippen molar-refractivity contribution >= 4 is 16.0 Å². The predicted molar refractivity (Wildman–Crippen MR) is 84.3 cm³/mol. The summed E-state index contributed by atoms with van der Waals surface area (Å²) in [6, 6.07) is 10.0. The number of aliphatic carboxylic acids is 1. The highest BCUT2D eigenvalue weighted by molar-refractivity contribution is 7.89. The maximum absolute atomic E-state index is 11.9. The Morgan fingerprint density at radius 3 is 2.30 bits per heavy atom. The normalized spacial score (nSPS) is 12.3. The van der Waals surface area contributed by atoms with Gasteiger partial charge in [-0.25, -0.2) is 13.1 Å². The molecule has 0 unspecified atom stereocenters. The second-order valence-corrected chi connectivity index (χ2v) is 7.64. The van der Waals surface area contributed by atoms with Gasteiger partial charge < -0.3 is 9.52 Å². The lowest BCUT2D eigenvalue weighted by Crippen LogP contribution is -2.26. The Bertz CT molecular complexity index is 761. The predicted octanol–water partition coefficient (Wildman–Crippen LogP) is 2.41. The van der Waals surface area contributed by atoms with Crippen molar-refractivity contribution in [1.29, 1.82) is 0 Å². The van der Waals surface area contributed by atoms with Gasteiger partial charge in [-0.05, 0) is 43.5 Å². The number of furan rings is 1. The summed E-state index contributed by atoms with van der Waals surface area (Å²) in [5.74, 6) is -0.854. The molecule has 6 nitrogen and oxygen atoms in total. The average molecular weight is 337 g/mol. The van der Waals surface area contributed by atoms with Crippen LogP contribution >= 0.6 is 0 Å². The summed E-state index contributed by atoms with van der Waals surface area (Å²) in [6.45, 7) is 3.47. The van der Waals surface area contributed by atoms with E-state index < -0.39 is 21.4 Å². The Morgan fingerprint density at radius 2 is 1.78 bits per heavy atom. The molecule has 0 aliphatic carbocycles. The second-order valence-electron chi connectivity index (χ2n) is 5.94. The number of carboxylic acid groups (broad SMARTS) is 1. The Kier molecular flexibility index (Phi) is 4.91. The summed E-state index contributed by atoms with van der Waals surface area (Å²) in [5, 5.41) is 9.01. The molecule has 1 heterocycles. The van der Waals surface area contributed by atoms with Crippen LogP contribution < -0.4 is 4.72 Å². The zero-order valence-electron chi connectivity index (χ0n) is 12.9. The van der Waals surface area contributed by atoms with E-state index in [0.717, 1.165) is 11.1 Å². The molecule has 0 atom stereocenters.